The summed E-state index contributed by atoms with van der Waals surface area (Å²) in [7, 11) is 0. The Hall–Kier alpha value is -1.30. The second-order valence-electron chi connectivity index (χ2n) is 2.75. The lowest BCUT2D eigenvalue weighted by Gasteiger charge is -1.88. The highest BCUT2D eigenvalue weighted by atomic mass is 14.9. The molecule has 0 saturated heterocycles. The first-order valence-corrected chi connectivity index (χ1v) is 4.27. The number of nitrogens with one attached hydrogen (secondary N) is 1. The van der Waals surface area contributed by atoms with Gasteiger partial charge in [-0.05, 0) is 6.42 Å². The monoisotopic (exact) mass is 163 g/mol. The molecule has 1 rings (SSSR count). The maximum Gasteiger partial charge on any atom is 0.106 e. The first kappa shape index (κ1) is 8.79. The SMILES string of the molecule is CCCc1nc(CCC#N)c[nH]1. The fourth-order valence-electron chi connectivity index (χ4n) is 1.08. The standard InChI is InChI=1S/C9H13N3/c1-2-4-9-11-7-8(12-9)5-3-6-10/h7H,2-5H2,1H3,(H,11,12). The highest BCUT2D eigenvalue weighted by Gasteiger charge is 1.98. The van der Waals surface area contributed by atoms with Crippen LogP contribution in [0.15, 0.2) is 6.20 Å². The molecule has 0 fully saturated rings. The molecule has 0 amide bonds. The van der Waals surface area contributed by atoms with E-state index in [1.807, 2.05) is 6.20 Å². The number of nitriles is 1. The molecule has 0 unspecified atom stereocenters. The highest BCUT2D eigenvalue weighted by molar-refractivity contribution is 5.02. The number of aromatic nitrogens is 2. The molecular formula is C9H13N3. The maximum atomic E-state index is 8.35. The van der Waals surface area contributed by atoms with E-state index in [0.717, 1.165) is 30.8 Å². The first-order chi connectivity index (χ1) is 5.86. The van der Waals surface area contributed by atoms with Gasteiger partial charge in [-0.1, -0.05) is 6.92 Å². The van der Waals surface area contributed by atoms with E-state index < -0.39 is 0 Å². The zero-order chi connectivity index (χ0) is 8.81. The Morgan fingerprint density at radius 3 is 3.08 bits per heavy atom. The summed E-state index contributed by atoms with van der Waals surface area (Å²) in [6, 6.07) is 2.10. The number of hydrogen-bond donors (Lipinski definition) is 1. The normalized spacial score (nSPS) is 9.67. The van der Waals surface area contributed by atoms with Crippen LogP contribution in [-0.4, -0.2) is 9.97 Å². The van der Waals surface area contributed by atoms with Crippen LogP contribution >= 0.6 is 0 Å². The molecule has 0 aliphatic rings. The van der Waals surface area contributed by atoms with E-state index in [4.69, 9.17) is 5.26 Å². The van der Waals surface area contributed by atoms with Crippen molar-refractivity contribution in [3.05, 3.63) is 17.7 Å². The van der Waals surface area contributed by atoms with Gasteiger partial charge in [0.1, 0.15) is 5.82 Å². The predicted molar refractivity (Wildman–Crippen MR) is 46.5 cm³/mol. The van der Waals surface area contributed by atoms with E-state index in [-0.39, 0.29) is 0 Å². The molecule has 1 heterocycles. The molecule has 1 aromatic rings. The van der Waals surface area contributed by atoms with Crippen LogP contribution in [0.3, 0.4) is 0 Å². The summed E-state index contributed by atoms with van der Waals surface area (Å²) in [6.07, 6.45) is 5.30. The van der Waals surface area contributed by atoms with Gasteiger partial charge in [0.25, 0.3) is 0 Å². The van der Waals surface area contributed by atoms with E-state index in [0.29, 0.717) is 6.42 Å². The first-order valence-electron chi connectivity index (χ1n) is 4.27. The molecule has 12 heavy (non-hydrogen) atoms. The Balaban J connectivity index is 2.47. The lowest BCUT2D eigenvalue weighted by Crippen LogP contribution is -1.87. The number of aromatic amines is 1. The third-order valence-electron chi connectivity index (χ3n) is 1.66. The Morgan fingerprint density at radius 1 is 1.58 bits per heavy atom. The Bertz CT molecular complexity index is 270. The summed E-state index contributed by atoms with van der Waals surface area (Å²) in [5.41, 5.74) is 1.00. The summed E-state index contributed by atoms with van der Waals surface area (Å²) in [6.45, 7) is 2.12. The van der Waals surface area contributed by atoms with E-state index in [1.165, 1.54) is 0 Å². The van der Waals surface area contributed by atoms with Crippen LogP contribution in [0.25, 0.3) is 0 Å². The minimum Gasteiger partial charge on any atom is -0.348 e. The van der Waals surface area contributed by atoms with Gasteiger partial charge in [0.2, 0.25) is 0 Å². The van der Waals surface area contributed by atoms with Crippen molar-refractivity contribution in [2.45, 2.75) is 32.6 Å². The van der Waals surface area contributed by atoms with Gasteiger partial charge >= 0.3 is 0 Å². The van der Waals surface area contributed by atoms with Crippen molar-refractivity contribution in [3.8, 4) is 6.07 Å². The Kier molecular flexibility index (Phi) is 3.34. The van der Waals surface area contributed by atoms with E-state index in [2.05, 4.69) is 23.0 Å². The van der Waals surface area contributed by atoms with Crippen LogP contribution in [-0.2, 0) is 12.8 Å². The molecule has 0 radical (unpaired) electrons. The van der Waals surface area contributed by atoms with Crippen LogP contribution in [0.4, 0.5) is 0 Å². The molecule has 0 aromatic carbocycles. The van der Waals surface area contributed by atoms with Crippen molar-refractivity contribution in [3.63, 3.8) is 0 Å². The zero-order valence-electron chi connectivity index (χ0n) is 7.30. The number of nitrogens with zero attached hydrogens (tertiary/aromatic N) is 2. The van der Waals surface area contributed by atoms with Gasteiger partial charge in [-0.15, -0.1) is 0 Å². The fraction of sp³-hybridized carbons (Fsp3) is 0.556. The van der Waals surface area contributed by atoms with Gasteiger partial charge in [0, 0.05) is 25.5 Å². The fourth-order valence-corrected chi connectivity index (χ4v) is 1.08. The van der Waals surface area contributed by atoms with Crippen LogP contribution in [0.2, 0.25) is 0 Å². The minimum absolute atomic E-state index is 0.552. The number of rotatable bonds is 4. The molecule has 0 saturated carbocycles. The third-order valence-corrected chi connectivity index (χ3v) is 1.66. The predicted octanol–water partition coefficient (Wildman–Crippen LogP) is 1.82. The lowest BCUT2D eigenvalue weighted by atomic mass is 10.3. The summed E-state index contributed by atoms with van der Waals surface area (Å²) in [5.74, 6) is 1.03. The molecule has 0 aliphatic carbocycles. The van der Waals surface area contributed by atoms with Crippen LogP contribution in [0.1, 0.15) is 31.3 Å². The van der Waals surface area contributed by atoms with Crippen molar-refractivity contribution < 1.29 is 0 Å². The molecular weight excluding hydrogens is 150 g/mol. The topological polar surface area (TPSA) is 52.5 Å². The van der Waals surface area contributed by atoms with Crippen molar-refractivity contribution >= 4 is 0 Å². The van der Waals surface area contributed by atoms with Crippen molar-refractivity contribution in [1.29, 1.82) is 5.26 Å². The molecule has 1 aromatic heterocycles. The average molecular weight is 163 g/mol. The largest absolute Gasteiger partial charge is 0.348 e. The van der Waals surface area contributed by atoms with E-state index >= 15 is 0 Å². The number of imidazole rings is 1. The Morgan fingerprint density at radius 2 is 2.42 bits per heavy atom. The maximum absolute atomic E-state index is 8.35. The zero-order valence-corrected chi connectivity index (χ0v) is 7.30. The van der Waals surface area contributed by atoms with Gasteiger partial charge in [-0.25, -0.2) is 4.98 Å². The van der Waals surface area contributed by atoms with Gasteiger partial charge in [0.15, 0.2) is 0 Å². The number of aryl methyl sites for hydroxylation is 2. The van der Waals surface area contributed by atoms with Crippen LogP contribution < -0.4 is 0 Å². The van der Waals surface area contributed by atoms with Gasteiger partial charge in [0.05, 0.1) is 11.8 Å². The molecule has 1 N–H and O–H groups in total. The van der Waals surface area contributed by atoms with E-state index in [9.17, 15) is 0 Å². The average Bonchev–Trinajstić information content (AvgIpc) is 2.50. The third kappa shape index (κ3) is 2.39. The molecule has 3 nitrogen and oxygen atoms in total. The number of H-pyrrole nitrogens is 1. The molecule has 0 spiro atoms. The second kappa shape index (κ2) is 4.55. The number of hydrogen-bond acceptors (Lipinski definition) is 2. The van der Waals surface area contributed by atoms with Gasteiger partial charge in [-0.3, -0.25) is 0 Å². The summed E-state index contributed by atoms with van der Waals surface area (Å²) in [4.78, 5) is 7.43. The molecule has 64 valence electrons. The quantitative estimate of drug-likeness (QED) is 0.736. The molecule has 0 aliphatic heterocycles. The second-order valence-corrected chi connectivity index (χ2v) is 2.75. The lowest BCUT2D eigenvalue weighted by molar-refractivity contribution is 0.846. The van der Waals surface area contributed by atoms with E-state index in [1.54, 1.807) is 0 Å². The Labute approximate surface area is 72.4 Å². The van der Waals surface area contributed by atoms with Gasteiger partial charge in [-0.2, -0.15) is 5.26 Å². The van der Waals surface area contributed by atoms with Crippen molar-refractivity contribution in [1.82, 2.24) is 9.97 Å². The molecule has 0 atom stereocenters. The summed E-state index contributed by atoms with van der Waals surface area (Å²) in [5, 5.41) is 8.35. The molecule has 3 heteroatoms. The minimum atomic E-state index is 0.552. The highest BCUT2D eigenvalue weighted by Crippen LogP contribution is 2.02. The smallest absolute Gasteiger partial charge is 0.106 e. The van der Waals surface area contributed by atoms with Crippen LogP contribution in [0.5, 0.6) is 0 Å². The molecule has 0 bridgehead atoms. The van der Waals surface area contributed by atoms with Gasteiger partial charge < -0.3 is 4.98 Å². The van der Waals surface area contributed by atoms with Crippen molar-refractivity contribution in [2.75, 3.05) is 0 Å². The summed E-state index contributed by atoms with van der Waals surface area (Å²) >= 11 is 0. The van der Waals surface area contributed by atoms with Crippen LogP contribution in [0, 0.1) is 11.3 Å². The van der Waals surface area contributed by atoms with Crippen molar-refractivity contribution in [2.24, 2.45) is 0 Å². The summed E-state index contributed by atoms with van der Waals surface area (Å²) < 4.78 is 0.